The van der Waals surface area contributed by atoms with Crippen LogP contribution in [0.4, 0.5) is 0 Å². The van der Waals surface area contributed by atoms with Crippen LogP contribution in [0, 0.1) is 13.8 Å². The number of hydrogen-bond donors (Lipinski definition) is 1. The van der Waals surface area contributed by atoms with Gasteiger partial charge in [0.2, 0.25) is 0 Å². The molecule has 28 heavy (non-hydrogen) atoms. The van der Waals surface area contributed by atoms with Crippen molar-refractivity contribution >= 4 is 5.91 Å². The molecule has 1 heterocycles. The lowest BCUT2D eigenvalue weighted by Crippen LogP contribution is -2.28. The van der Waals surface area contributed by atoms with E-state index >= 15 is 0 Å². The molecule has 3 nitrogen and oxygen atoms in total. The zero-order valence-corrected chi connectivity index (χ0v) is 17.6. The molecule has 0 aliphatic carbocycles. The number of aryl methyl sites for hydroxylation is 2. The van der Waals surface area contributed by atoms with E-state index < -0.39 is 0 Å². The number of nitrogens with zero attached hydrogens (tertiary/aromatic N) is 1. The fourth-order valence-corrected chi connectivity index (χ4v) is 3.96. The molecule has 2 aromatic rings. The van der Waals surface area contributed by atoms with Crippen molar-refractivity contribution in [1.82, 2.24) is 10.2 Å². The number of carbonyl (C=O) groups is 1. The second-order valence-corrected chi connectivity index (χ2v) is 8.17. The third kappa shape index (κ3) is 5.45. The fourth-order valence-electron chi connectivity index (χ4n) is 3.96. The van der Waals surface area contributed by atoms with E-state index in [1.165, 1.54) is 61.0 Å². The number of hydrogen-bond acceptors (Lipinski definition) is 2. The summed E-state index contributed by atoms with van der Waals surface area (Å²) in [5.74, 6) is 0.00593. The van der Waals surface area contributed by atoms with E-state index in [9.17, 15) is 4.79 Å². The van der Waals surface area contributed by atoms with Crippen molar-refractivity contribution in [3.63, 3.8) is 0 Å². The second kappa shape index (κ2) is 9.88. The molecule has 3 heteroatoms. The highest BCUT2D eigenvalue weighted by molar-refractivity contribution is 5.94. The largest absolute Gasteiger partial charge is 0.345 e. The Morgan fingerprint density at radius 1 is 0.964 bits per heavy atom. The van der Waals surface area contributed by atoms with Crippen molar-refractivity contribution in [3.05, 3.63) is 70.3 Å². The summed E-state index contributed by atoms with van der Waals surface area (Å²) in [6, 6.07) is 14.6. The summed E-state index contributed by atoms with van der Waals surface area (Å²) >= 11 is 0. The molecule has 1 fully saturated rings. The lowest BCUT2D eigenvalue weighted by atomic mass is 9.99. The standard InChI is InChI=1S/C25H34N2O/c1-4-24(23-12-9-19(2)20(3)17-23)26-25(28)22-13-10-21(11-14-22)18-27-15-7-5-6-8-16-27/h9-14,17,24H,4-8,15-16,18H2,1-3H3,(H,26,28). The lowest BCUT2D eigenvalue weighted by Gasteiger charge is -2.20. The van der Waals surface area contributed by atoms with Crippen molar-refractivity contribution in [1.29, 1.82) is 0 Å². The van der Waals surface area contributed by atoms with Gasteiger partial charge < -0.3 is 5.32 Å². The van der Waals surface area contributed by atoms with Gasteiger partial charge in [-0.1, -0.05) is 50.1 Å². The van der Waals surface area contributed by atoms with E-state index in [4.69, 9.17) is 0 Å². The average Bonchev–Trinajstić information content (AvgIpc) is 2.97. The minimum absolute atomic E-state index is 0.00593. The first-order valence-electron chi connectivity index (χ1n) is 10.8. The van der Waals surface area contributed by atoms with Crippen LogP contribution < -0.4 is 5.32 Å². The quantitative estimate of drug-likeness (QED) is 0.713. The average molecular weight is 379 g/mol. The molecule has 0 spiro atoms. The number of amides is 1. The van der Waals surface area contributed by atoms with Gasteiger partial charge in [-0.05, 0) is 80.6 Å². The number of benzene rings is 2. The van der Waals surface area contributed by atoms with Gasteiger partial charge in [-0.25, -0.2) is 0 Å². The second-order valence-electron chi connectivity index (χ2n) is 8.17. The van der Waals surface area contributed by atoms with E-state index in [1.807, 2.05) is 12.1 Å². The smallest absolute Gasteiger partial charge is 0.251 e. The lowest BCUT2D eigenvalue weighted by molar-refractivity contribution is 0.0935. The Morgan fingerprint density at radius 3 is 2.25 bits per heavy atom. The maximum absolute atomic E-state index is 12.8. The molecule has 150 valence electrons. The Bertz CT molecular complexity index is 774. The van der Waals surface area contributed by atoms with Crippen molar-refractivity contribution in [2.45, 2.75) is 65.5 Å². The van der Waals surface area contributed by atoms with Crippen LogP contribution in [0.1, 0.15) is 77.7 Å². The molecule has 2 aromatic carbocycles. The first-order chi connectivity index (χ1) is 13.6. The number of likely N-dealkylation sites (tertiary alicyclic amines) is 1. The van der Waals surface area contributed by atoms with Gasteiger partial charge in [-0.15, -0.1) is 0 Å². The van der Waals surface area contributed by atoms with Gasteiger partial charge in [-0.2, -0.15) is 0 Å². The predicted octanol–water partition coefficient (Wildman–Crippen LogP) is 5.56. The van der Waals surface area contributed by atoms with Gasteiger partial charge in [0.25, 0.3) is 5.91 Å². The molecule has 3 rings (SSSR count). The molecule has 1 atom stereocenters. The zero-order valence-electron chi connectivity index (χ0n) is 17.6. The molecular formula is C25H34N2O. The number of nitrogens with one attached hydrogen (secondary N) is 1. The predicted molar refractivity (Wildman–Crippen MR) is 117 cm³/mol. The van der Waals surface area contributed by atoms with Crippen LogP contribution in [0.3, 0.4) is 0 Å². The van der Waals surface area contributed by atoms with Crippen molar-refractivity contribution in [2.24, 2.45) is 0 Å². The molecule has 1 aliphatic rings. The summed E-state index contributed by atoms with van der Waals surface area (Å²) in [4.78, 5) is 15.3. The Balaban J connectivity index is 1.62. The van der Waals surface area contributed by atoms with E-state index in [2.05, 4.69) is 61.3 Å². The highest BCUT2D eigenvalue weighted by Gasteiger charge is 2.15. The summed E-state index contributed by atoms with van der Waals surface area (Å²) < 4.78 is 0. The molecule has 1 amide bonds. The van der Waals surface area contributed by atoms with Crippen LogP contribution in [0.5, 0.6) is 0 Å². The molecule has 1 N–H and O–H groups in total. The van der Waals surface area contributed by atoms with Gasteiger partial charge in [0.1, 0.15) is 0 Å². The van der Waals surface area contributed by atoms with Gasteiger partial charge in [0.15, 0.2) is 0 Å². The monoisotopic (exact) mass is 378 g/mol. The van der Waals surface area contributed by atoms with E-state index in [1.54, 1.807) is 0 Å². The highest BCUT2D eigenvalue weighted by atomic mass is 16.1. The zero-order chi connectivity index (χ0) is 19.9. The summed E-state index contributed by atoms with van der Waals surface area (Å²) in [6.07, 6.45) is 6.19. The summed E-state index contributed by atoms with van der Waals surface area (Å²) in [7, 11) is 0. The highest BCUT2D eigenvalue weighted by Crippen LogP contribution is 2.21. The fraction of sp³-hybridized carbons (Fsp3) is 0.480. The molecule has 1 aliphatic heterocycles. The Kier molecular flexibility index (Phi) is 7.27. The van der Waals surface area contributed by atoms with Crippen LogP contribution in [0.2, 0.25) is 0 Å². The van der Waals surface area contributed by atoms with Crippen LogP contribution in [0.15, 0.2) is 42.5 Å². The Labute approximate surface area is 170 Å². The topological polar surface area (TPSA) is 32.3 Å². The van der Waals surface area contributed by atoms with Crippen LogP contribution in [0.25, 0.3) is 0 Å². The minimum atomic E-state index is 0.00593. The SMILES string of the molecule is CCC(NC(=O)c1ccc(CN2CCCCCC2)cc1)c1ccc(C)c(C)c1. The molecule has 1 unspecified atom stereocenters. The van der Waals surface area contributed by atoms with Crippen molar-refractivity contribution in [2.75, 3.05) is 13.1 Å². The summed E-state index contributed by atoms with van der Waals surface area (Å²) in [6.45, 7) is 9.72. The Hall–Kier alpha value is -2.13. The van der Waals surface area contributed by atoms with E-state index in [0.717, 1.165) is 18.5 Å². The summed E-state index contributed by atoms with van der Waals surface area (Å²) in [5.41, 5.74) is 5.76. The van der Waals surface area contributed by atoms with Crippen molar-refractivity contribution < 1.29 is 4.79 Å². The number of carbonyl (C=O) groups excluding carboxylic acids is 1. The number of rotatable bonds is 6. The molecule has 0 bridgehead atoms. The first kappa shape index (κ1) is 20.6. The van der Waals surface area contributed by atoms with Crippen LogP contribution in [-0.4, -0.2) is 23.9 Å². The van der Waals surface area contributed by atoms with E-state index in [0.29, 0.717) is 0 Å². The van der Waals surface area contributed by atoms with E-state index in [-0.39, 0.29) is 11.9 Å². The molecule has 0 saturated carbocycles. The van der Waals surface area contributed by atoms with Gasteiger partial charge >= 0.3 is 0 Å². The maximum Gasteiger partial charge on any atom is 0.251 e. The van der Waals surface area contributed by atoms with Crippen molar-refractivity contribution in [3.8, 4) is 0 Å². The first-order valence-corrected chi connectivity index (χ1v) is 10.8. The third-order valence-corrected chi connectivity index (χ3v) is 5.97. The normalized spacial score (nSPS) is 16.4. The maximum atomic E-state index is 12.8. The van der Waals surface area contributed by atoms with Crippen LogP contribution in [-0.2, 0) is 6.54 Å². The van der Waals surface area contributed by atoms with Gasteiger partial charge in [0.05, 0.1) is 6.04 Å². The summed E-state index contributed by atoms with van der Waals surface area (Å²) in [5, 5.41) is 3.21. The van der Waals surface area contributed by atoms with Gasteiger partial charge in [-0.3, -0.25) is 9.69 Å². The molecular weight excluding hydrogens is 344 g/mol. The Morgan fingerprint density at radius 2 is 1.64 bits per heavy atom. The molecule has 0 radical (unpaired) electrons. The molecule has 1 saturated heterocycles. The molecule has 0 aromatic heterocycles. The third-order valence-electron chi connectivity index (χ3n) is 5.97. The van der Waals surface area contributed by atoms with Gasteiger partial charge in [0, 0.05) is 12.1 Å². The van der Waals surface area contributed by atoms with Crippen LogP contribution >= 0.6 is 0 Å². The minimum Gasteiger partial charge on any atom is -0.345 e.